The molecule has 0 unspecified atom stereocenters. The molecule has 0 fully saturated rings. The molecule has 0 bridgehead atoms. The van der Waals surface area contributed by atoms with E-state index in [2.05, 4.69) is 31.2 Å². The highest BCUT2D eigenvalue weighted by Crippen LogP contribution is 2.26. The van der Waals surface area contributed by atoms with E-state index in [0.29, 0.717) is 5.56 Å². The van der Waals surface area contributed by atoms with Crippen molar-refractivity contribution in [3.63, 3.8) is 0 Å². The second kappa shape index (κ2) is 6.22. The third-order valence-corrected chi connectivity index (χ3v) is 5.01. The Morgan fingerprint density at radius 2 is 1.96 bits per heavy atom. The van der Waals surface area contributed by atoms with Crippen molar-refractivity contribution in [1.29, 1.82) is 0 Å². The summed E-state index contributed by atoms with van der Waals surface area (Å²) in [6.45, 7) is 0. The molecule has 0 saturated heterocycles. The van der Waals surface area contributed by atoms with Gasteiger partial charge in [-0.3, -0.25) is 4.79 Å². The third-order valence-electron chi connectivity index (χ3n) is 3.60. The molecule has 0 spiro atoms. The van der Waals surface area contributed by atoms with E-state index in [-0.39, 0.29) is 5.91 Å². The van der Waals surface area contributed by atoms with Gasteiger partial charge in [-0.15, -0.1) is 11.3 Å². The van der Waals surface area contributed by atoms with Crippen LogP contribution in [0.3, 0.4) is 0 Å². The average Bonchev–Trinajstić information content (AvgIpc) is 3.24. The Hall–Kier alpha value is -2.44. The van der Waals surface area contributed by atoms with Gasteiger partial charge in [0, 0.05) is 15.7 Å². The molecule has 2 heterocycles. The molecule has 0 saturated carbocycles. The van der Waals surface area contributed by atoms with Crippen LogP contribution in [0.1, 0.15) is 10.4 Å². The number of rotatable bonds is 3. The summed E-state index contributed by atoms with van der Waals surface area (Å²) in [6.07, 6.45) is 0. The number of amides is 1. The van der Waals surface area contributed by atoms with Gasteiger partial charge >= 0.3 is 0 Å². The van der Waals surface area contributed by atoms with Gasteiger partial charge in [-0.1, -0.05) is 22.0 Å². The quantitative estimate of drug-likeness (QED) is 0.492. The molecule has 6 heteroatoms. The Kier molecular flexibility index (Phi) is 3.92. The van der Waals surface area contributed by atoms with E-state index in [1.165, 1.54) is 0 Å². The fourth-order valence-corrected chi connectivity index (χ4v) is 3.35. The molecule has 0 aliphatic rings. The average molecular weight is 398 g/mol. The largest absolute Gasteiger partial charge is 0.337 e. The van der Waals surface area contributed by atoms with Crippen molar-refractivity contribution in [2.45, 2.75) is 0 Å². The van der Waals surface area contributed by atoms with Crippen LogP contribution in [0.4, 0.5) is 5.69 Å². The molecule has 4 aromatic rings. The van der Waals surface area contributed by atoms with Gasteiger partial charge in [0.05, 0.1) is 15.9 Å². The lowest BCUT2D eigenvalue weighted by Crippen LogP contribution is -2.11. The number of fused-ring (bicyclic) bond motifs is 1. The van der Waals surface area contributed by atoms with E-state index in [9.17, 15) is 4.79 Å². The molecule has 118 valence electrons. The van der Waals surface area contributed by atoms with Crippen LogP contribution in [0.2, 0.25) is 0 Å². The third kappa shape index (κ3) is 2.98. The number of nitrogens with one attached hydrogen (secondary N) is 2. The number of aromatic amines is 1. The van der Waals surface area contributed by atoms with E-state index in [4.69, 9.17) is 0 Å². The molecule has 1 amide bonds. The Balaban J connectivity index is 1.60. The van der Waals surface area contributed by atoms with E-state index < -0.39 is 0 Å². The van der Waals surface area contributed by atoms with Crippen molar-refractivity contribution in [1.82, 2.24) is 9.97 Å². The van der Waals surface area contributed by atoms with Gasteiger partial charge in [0.1, 0.15) is 5.82 Å². The summed E-state index contributed by atoms with van der Waals surface area (Å²) in [7, 11) is 0. The summed E-state index contributed by atoms with van der Waals surface area (Å²) in [6, 6.07) is 16.9. The van der Waals surface area contributed by atoms with Crippen LogP contribution in [-0.2, 0) is 0 Å². The molecule has 2 N–H and O–H groups in total. The number of hydrogen-bond acceptors (Lipinski definition) is 3. The number of benzene rings is 2. The lowest BCUT2D eigenvalue weighted by Gasteiger charge is -2.05. The number of imidazole rings is 1. The Morgan fingerprint density at radius 1 is 1.12 bits per heavy atom. The van der Waals surface area contributed by atoms with Crippen LogP contribution < -0.4 is 5.32 Å². The molecule has 2 aromatic heterocycles. The number of carbonyl (C=O) groups is 1. The zero-order valence-electron chi connectivity index (χ0n) is 12.4. The van der Waals surface area contributed by atoms with Gasteiger partial charge in [-0.2, -0.15) is 0 Å². The van der Waals surface area contributed by atoms with Gasteiger partial charge in [0.15, 0.2) is 0 Å². The molecule has 4 rings (SSSR count). The molecule has 0 radical (unpaired) electrons. The lowest BCUT2D eigenvalue weighted by molar-refractivity contribution is 0.102. The first-order valence-corrected chi connectivity index (χ1v) is 8.97. The van der Waals surface area contributed by atoms with Crippen molar-refractivity contribution >= 4 is 49.9 Å². The maximum Gasteiger partial charge on any atom is 0.255 e. The van der Waals surface area contributed by atoms with Crippen molar-refractivity contribution < 1.29 is 4.79 Å². The molecular formula is C18H12BrN3OS. The first-order chi connectivity index (χ1) is 11.7. The molecule has 4 nitrogen and oxygen atoms in total. The van der Waals surface area contributed by atoms with Gasteiger partial charge in [-0.25, -0.2) is 4.98 Å². The molecular weight excluding hydrogens is 386 g/mol. The van der Waals surface area contributed by atoms with Crippen molar-refractivity contribution in [3.8, 4) is 10.7 Å². The maximum atomic E-state index is 12.3. The number of carbonyl (C=O) groups excluding carboxylic acids is 1. The highest BCUT2D eigenvalue weighted by molar-refractivity contribution is 9.10. The fraction of sp³-hybridized carbons (Fsp3) is 0. The number of anilines is 1. The van der Waals surface area contributed by atoms with Gasteiger partial charge < -0.3 is 10.3 Å². The Labute approximate surface area is 150 Å². The van der Waals surface area contributed by atoms with Crippen molar-refractivity contribution in [2.24, 2.45) is 0 Å². The lowest BCUT2D eigenvalue weighted by atomic mass is 10.2. The summed E-state index contributed by atoms with van der Waals surface area (Å²) in [4.78, 5) is 21.3. The Morgan fingerprint density at radius 3 is 2.71 bits per heavy atom. The molecule has 2 aromatic carbocycles. The number of hydrogen-bond donors (Lipinski definition) is 2. The molecule has 24 heavy (non-hydrogen) atoms. The zero-order valence-corrected chi connectivity index (χ0v) is 14.8. The summed E-state index contributed by atoms with van der Waals surface area (Å²) >= 11 is 5.00. The second-order valence-electron chi connectivity index (χ2n) is 5.26. The minimum absolute atomic E-state index is 0.143. The van der Waals surface area contributed by atoms with E-state index in [0.717, 1.165) is 31.9 Å². The smallest absolute Gasteiger partial charge is 0.255 e. The van der Waals surface area contributed by atoms with E-state index in [1.807, 2.05) is 47.8 Å². The van der Waals surface area contributed by atoms with Crippen LogP contribution in [0, 0.1) is 0 Å². The van der Waals surface area contributed by atoms with Crippen molar-refractivity contribution in [3.05, 3.63) is 70.0 Å². The SMILES string of the molecule is O=C(Nc1ccc2[nH]c(-c3cccs3)nc2c1)c1ccc(Br)cc1. The first kappa shape index (κ1) is 15.1. The number of H-pyrrole nitrogens is 1. The monoisotopic (exact) mass is 397 g/mol. The number of thiophene rings is 1. The van der Waals surface area contributed by atoms with Crippen molar-refractivity contribution in [2.75, 3.05) is 5.32 Å². The predicted molar refractivity (Wildman–Crippen MR) is 102 cm³/mol. The molecule has 0 aliphatic heterocycles. The number of nitrogens with zero attached hydrogens (tertiary/aromatic N) is 1. The predicted octanol–water partition coefficient (Wildman–Crippen LogP) is 5.31. The summed E-state index contributed by atoms with van der Waals surface area (Å²) in [5.74, 6) is 0.701. The standard InChI is InChI=1S/C18H12BrN3OS/c19-12-5-3-11(4-6-12)18(23)20-13-7-8-14-15(10-13)22-17(21-14)16-2-1-9-24-16/h1-10H,(H,20,23)(H,21,22). The van der Waals surface area contributed by atoms with Gasteiger partial charge in [0.25, 0.3) is 5.91 Å². The van der Waals surface area contributed by atoms with Crippen LogP contribution >= 0.6 is 27.3 Å². The van der Waals surface area contributed by atoms with Crippen LogP contribution in [0.5, 0.6) is 0 Å². The fourth-order valence-electron chi connectivity index (χ4n) is 2.42. The Bertz CT molecular complexity index is 1010. The minimum atomic E-state index is -0.143. The molecule has 0 atom stereocenters. The molecule has 0 aliphatic carbocycles. The highest BCUT2D eigenvalue weighted by atomic mass is 79.9. The number of aromatic nitrogens is 2. The summed E-state index contributed by atoms with van der Waals surface area (Å²) in [5, 5.41) is 4.93. The topological polar surface area (TPSA) is 57.8 Å². The second-order valence-corrected chi connectivity index (χ2v) is 7.12. The summed E-state index contributed by atoms with van der Waals surface area (Å²) < 4.78 is 0.943. The minimum Gasteiger partial charge on any atom is -0.337 e. The zero-order chi connectivity index (χ0) is 16.5. The van der Waals surface area contributed by atoms with Crippen LogP contribution in [0.15, 0.2) is 64.5 Å². The summed E-state index contributed by atoms with van der Waals surface area (Å²) in [5.41, 5.74) is 3.10. The van der Waals surface area contributed by atoms with Crippen LogP contribution in [0.25, 0.3) is 21.7 Å². The van der Waals surface area contributed by atoms with Gasteiger partial charge in [-0.05, 0) is 53.9 Å². The number of halogens is 1. The highest BCUT2D eigenvalue weighted by Gasteiger charge is 2.09. The van der Waals surface area contributed by atoms with Crippen LogP contribution in [-0.4, -0.2) is 15.9 Å². The normalized spacial score (nSPS) is 10.9. The van der Waals surface area contributed by atoms with E-state index in [1.54, 1.807) is 23.5 Å². The first-order valence-electron chi connectivity index (χ1n) is 7.29. The van der Waals surface area contributed by atoms with E-state index >= 15 is 0 Å². The van der Waals surface area contributed by atoms with Gasteiger partial charge in [0.2, 0.25) is 0 Å². The maximum absolute atomic E-state index is 12.3.